The van der Waals surface area contributed by atoms with Gasteiger partial charge in [0.25, 0.3) is 0 Å². The number of aryl methyl sites for hydroxylation is 1. The number of nitrogens with one attached hydrogen (secondary N) is 1. The van der Waals surface area contributed by atoms with Crippen LogP contribution in [0.25, 0.3) is 0 Å². The molecule has 2 aromatic rings. The molecule has 2 amide bonds. The maximum atomic E-state index is 13.2. The average Bonchev–Trinajstić information content (AvgIpc) is 2.78. The average molecular weight is 542 g/mol. The maximum absolute atomic E-state index is 13.2. The largest absolute Gasteiger partial charge is 0.416 e. The SMILES string of the molecule is Cc1cccc(CN(C(=O)CCCN(c2cccc(C(F)(F)F)c2)S(C)(=O)=O)C(C)C(=O)NC(C)C)c1. The number of sulfonamides is 1. The minimum atomic E-state index is -4.63. The highest BCUT2D eigenvalue weighted by molar-refractivity contribution is 7.92. The number of nitrogens with zero attached hydrogens (tertiary/aromatic N) is 2. The van der Waals surface area contributed by atoms with E-state index in [1.54, 1.807) is 6.92 Å². The molecule has 11 heteroatoms. The van der Waals surface area contributed by atoms with E-state index in [0.29, 0.717) is 0 Å². The lowest BCUT2D eigenvalue weighted by Crippen LogP contribution is -2.49. The van der Waals surface area contributed by atoms with E-state index < -0.39 is 27.8 Å². The van der Waals surface area contributed by atoms with Gasteiger partial charge < -0.3 is 10.2 Å². The lowest BCUT2D eigenvalue weighted by Gasteiger charge is -2.30. The van der Waals surface area contributed by atoms with E-state index in [1.165, 1.54) is 11.0 Å². The van der Waals surface area contributed by atoms with Crippen LogP contribution in [0.1, 0.15) is 50.3 Å². The van der Waals surface area contributed by atoms with Gasteiger partial charge in [0, 0.05) is 25.6 Å². The van der Waals surface area contributed by atoms with E-state index in [1.807, 2.05) is 45.0 Å². The Morgan fingerprint density at radius 3 is 2.24 bits per heavy atom. The van der Waals surface area contributed by atoms with Crippen LogP contribution in [0.15, 0.2) is 48.5 Å². The van der Waals surface area contributed by atoms with Gasteiger partial charge in [-0.3, -0.25) is 13.9 Å². The second-order valence-electron chi connectivity index (χ2n) is 9.34. The van der Waals surface area contributed by atoms with Gasteiger partial charge in [-0.05, 0) is 57.9 Å². The normalized spacial score (nSPS) is 12.8. The zero-order valence-electron chi connectivity index (χ0n) is 21.7. The number of anilines is 1. The molecule has 0 saturated carbocycles. The Morgan fingerprint density at radius 2 is 1.68 bits per heavy atom. The summed E-state index contributed by atoms with van der Waals surface area (Å²) < 4.78 is 65.0. The van der Waals surface area contributed by atoms with Crippen molar-refractivity contribution < 1.29 is 31.2 Å². The quantitative estimate of drug-likeness (QED) is 0.454. The number of hydrogen-bond donors (Lipinski definition) is 1. The molecule has 0 spiro atoms. The van der Waals surface area contributed by atoms with Crippen LogP contribution < -0.4 is 9.62 Å². The van der Waals surface area contributed by atoms with E-state index >= 15 is 0 Å². The third-order valence-corrected chi connectivity index (χ3v) is 6.84. The van der Waals surface area contributed by atoms with Gasteiger partial charge in [-0.15, -0.1) is 0 Å². The molecular formula is C26H34F3N3O4S. The molecule has 0 radical (unpaired) electrons. The Kier molecular flexibility index (Phi) is 10.1. The fourth-order valence-electron chi connectivity index (χ4n) is 3.84. The molecule has 0 aromatic heterocycles. The van der Waals surface area contributed by atoms with Gasteiger partial charge >= 0.3 is 6.18 Å². The van der Waals surface area contributed by atoms with Crippen molar-refractivity contribution in [1.29, 1.82) is 0 Å². The predicted molar refractivity (Wildman–Crippen MR) is 137 cm³/mol. The van der Waals surface area contributed by atoms with Crippen LogP contribution in [0.2, 0.25) is 0 Å². The summed E-state index contributed by atoms with van der Waals surface area (Å²) in [5.74, 6) is -0.692. The number of alkyl halides is 3. The zero-order chi connectivity index (χ0) is 28.0. The van der Waals surface area contributed by atoms with Crippen molar-refractivity contribution in [2.75, 3.05) is 17.1 Å². The number of halogens is 3. The first kappa shape index (κ1) is 30.1. The second kappa shape index (κ2) is 12.4. The molecule has 7 nitrogen and oxygen atoms in total. The van der Waals surface area contributed by atoms with Gasteiger partial charge in [-0.2, -0.15) is 13.2 Å². The minimum Gasteiger partial charge on any atom is -0.352 e. The predicted octanol–water partition coefficient (Wildman–Crippen LogP) is 4.50. The van der Waals surface area contributed by atoms with E-state index in [4.69, 9.17) is 0 Å². The molecule has 204 valence electrons. The van der Waals surface area contributed by atoms with Gasteiger partial charge in [0.15, 0.2) is 0 Å². The van der Waals surface area contributed by atoms with Crippen LogP contribution in [-0.2, 0) is 32.3 Å². The monoisotopic (exact) mass is 541 g/mol. The van der Waals surface area contributed by atoms with Gasteiger partial charge in [-0.25, -0.2) is 8.42 Å². The molecule has 0 heterocycles. The Hall–Kier alpha value is -3.08. The topological polar surface area (TPSA) is 86.8 Å². The standard InChI is InChI=1S/C26H34F3N3O4S/c1-18(2)30-25(34)20(4)31(17-21-10-6-9-19(3)15-21)24(33)13-8-14-32(37(5,35)36)23-12-7-11-22(16-23)26(27,28)29/h6-7,9-12,15-16,18,20H,8,13-14,17H2,1-5H3,(H,30,34). The lowest BCUT2D eigenvalue weighted by atomic mass is 10.1. The van der Waals surface area contributed by atoms with E-state index in [9.17, 15) is 31.2 Å². The van der Waals surface area contributed by atoms with Crippen molar-refractivity contribution in [3.8, 4) is 0 Å². The molecule has 1 N–H and O–H groups in total. The van der Waals surface area contributed by atoms with Crippen LogP contribution in [0.3, 0.4) is 0 Å². The van der Waals surface area contributed by atoms with Crippen LogP contribution in [0, 0.1) is 6.92 Å². The minimum absolute atomic E-state index is 0.0466. The van der Waals surface area contributed by atoms with E-state index in [-0.39, 0.29) is 49.5 Å². The molecule has 0 bridgehead atoms. The molecule has 0 fully saturated rings. The Balaban J connectivity index is 2.22. The number of hydrogen-bond acceptors (Lipinski definition) is 4. The fraction of sp³-hybridized carbons (Fsp3) is 0.462. The Labute approximate surface area is 216 Å². The third-order valence-electron chi connectivity index (χ3n) is 5.65. The van der Waals surface area contributed by atoms with Gasteiger partial charge in [-0.1, -0.05) is 35.9 Å². The molecule has 37 heavy (non-hydrogen) atoms. The summed E-state index contributed by atoms with van der Waals surface area (Å²) >= 11 is 0. The molecule has 0 aliphatic heterocycles. The number of rotatable bonds is 11. The molecule has 1 unspecified atom stereocenters. The summed E-state index contributed by atoms with van der Waals surface area (Å²) in [7, 11) is -3.92. The van der Waals surface area contributed by atoms with E-state index in [0.717, 1.165) is 39.9 Å². The molecule has 0 saturated heterocycles. The summed E-state index contributed by atoms with van der Waals surface area (Å²) in [6.45, 7) is 7.14. The Bertz CT molecular complexity index is 1200. The van der Waals surface area contributed by atoms with Gasteiger partial charge in [0.1, 0.15) is 6.04 Å². The van der Waals surface area contributed by atoms with Crippen LogP contribution >= 0.6 is 0 Å². The summed E-state index contributed by atoms with van der Waals surface area (Å²) in [5.41, 5.74) is 0.725. The van der Waals surface area contributed by atoms with Crippen LogP contribution in [-0.4, -0.2) is 50.0 Å². The van der Waals surface area contributed by atoms with Crippen molar-refractivity contribution in [2.24, 2.45) is 0 Å². The Morgan fingerprint density at radius 1 is 1.03 bits per heavy atom. The highest BCUT2D eigenvalue weighted by Gasteiger charge is 2.32. The molecule has 1 atom stereocenters. The number of carbonyl (C=O) groups excluding carboxylic acids is 2. The smallest absolute Gasteiger partial charge is 0.352 e. The highest BCUT2D eigenvalue weighted by Crippen LogP contribution is 2.32. The number of amides is 2. The number of carbonyl (C=O) groups is 2. The first-order valence-corrected chi connectivity index (χ1v) is 13.7. The second-order valence-corrected chi connectivity index (χ2v) is 11.2. The number of benzene rings is 2. The van der Waals surface area contributed by atoms with Crippen LogP contribution in [0.4, 0.5) is 18.9 Å². The van der Waals surface area contributed by atoms with Gasteiger partial charge in [0.05, 0.1) is 17.5 Å². The van der Waals surface area contributed by atoms with Crippen molar-refractivity contribution in [2.45, 2.75) is 65.3 Å². The fourth-order valence-corrected chi connectivity index (χ4v) is 4.79. The first-order chi connectivity index (χ1) is 17.1. The van der Waals surface area contributed by atoms with Crippen molar-refractivity contribution >= 4 is 27.5 Å². The summed E-state index contributed by atoms with van der Waals surface area (Å²) in [4.78, 5) is 27.4. The summed E-state index contributed by atoms with van der Waals surface area (Å²) in [5, 5.41) is 2.80. The molecule has 2 rings (SSSR count). The lowest BCUT2D eigenvalue weighted by molar-refractivity contribution is -0.140. The van der Waals surface area contributed by atoms with Crippen LogP contribution in [0.5, 0.6) is 0 Å². The summed E-state index contributed by atoms with van der Waals surface area (Å²) in [6, 6.07) is 10.7. The van der Waals surface area contributed by atoms with Crippen molar-refractivity contribution in [1.82, 2.24) is 10.2 Å². The first-order valence-electron chi connectivity index (χ1n) is 11.9. The molecule has 2 aromatic carbocycles. The van der Waals surface area contributed by atoms with Gasteiger partial charge in [0.2, 0.25) is 21.8 Å². The van der Waals surface area contributed by atoms with Crippen molar-refractivity contribution in [3.63, 3.8) is 0 Å². The molecule has 0 aliphatic carbocycles. The highest BCUT2D eigenvalue weighted by atomic mass is 32.2. The maximum Gasteiger partial charge on any atom is 0.416 e. The van der Waals surface area contributed by atoms with Crippen molar-refractivity contribution in [3.05, 3.63) is 65.2 Å². The zero-order valence-corrected chi connectivity index (χ0v) is 22.5. The van der Waals surface area contributed by atoms with E-state index in [2.05, 4.69) is 5.32 Å². The third kappa shape index (κ3) is 9.07. The molecular weight excluding hydrogens is 507 g/mol. The summed E-state index contributed by atoms with van der Waals surface area (Å²) in [6.07, 6.45) is -3.78. The molecule has 0 aliphatic rings.